The molecule has 2 N–H and O–H groups in total. The molecule has 1 saturated carbocycles. The Morgan fingerprint density at radius 1 is 1.07 bits per heavy atom. The van der Waals surface area contributed by atoms with Gasteiger partial charge in [-0.3, -0.25) is 0 Å². The molecule has 0 aromatic carbocycles. The van der Waals surface area contributed by atoms with E-state index in [1.807, 2.05) is 0 Å². The quantitative estimate of drug-likeness (QED) is 0.747. The third-order valence-electron chi connectivity index (χ3n) is 3.36. The number of hydrogen-bond acceptors (Lipinski definition) is 2. The first kappa shape index (κ1) is 8.48. The molecule has 1 aliphatic heterocycles. The van der Waals surface area contributed by atoms with E-state index in [-0.39, 0.29) is 0 Å². The summed E-state index contributed by atoms with van der Waals surface area (Å²) in [7, 11) is 0. The zero-order valence-corrected chi connectivity index (χ0v) is 8.42. The summed E-state index contributed by atoms with van der Waals surface area (Å²) in [6.07, 6.45) is 7.24. The molecule has 2 heterocycles. The third kappa shape index (κ3) is 1.57. The highest BCUT2D eigenvalue weighted by Crippen LogP contribution is 2.38. The number of nitrogens with one attached hydrogen (secondary N) is 2. The molecule has 1 aromatic heterocycles. The topological polar surface area (TPSA) is 40.7 Å². The minimum absolute atomic E-state index is 0.719. The van der Waals surface area contributed by atoms with E-state index in [9.17, 15) is 0 Å². The van der Waals surface area contributed by atoms with E-state index in [0.29, 0.717) is 0 Å². The van der Waals surface area contributed by atoms with Crippen molar-refractivity contribution in [3.8, 4) is 0 Å². The number of aromatic nitrogens is 2. The molecule has 1 saturated heterocycles. The molecule has 0 atom stereocenters. The standard InChI is InChI=1S/C11H17N3/c1-2-9(1)11-13-7-10(14-11)8-3-5-12-6-4-8/h7-9,12H,1-6H2,(H,13,14). The number of piperidine rings is 1. The zero-order valence-electron chi connectivity index (χ0n) is 8.42. The Bertz CT molecular complexity index is 308. The summed E-state index contributed by atoms with van der Waals surface area (Å²) in [5.41, 5.74) is 1.37. The Morgan fingerprint density at radius 3 is 2.57 bits per heavy atom. The third-order valence-corrected chi connectivity index (χ3v) is 3.36. The second-order valence-electron chi connectivity index (χ2n) is 4.52. The molecule has 3 heteroatoms. The van der Waals surface area contributed by atoms with Crippen LogP contribution in [0.25, 0.3) is 0 Å². The summed E-state index contributed by atoms with van der Waals surface area (Å²) in [6, 6.07) is 0. The van der Waals surface area contributed by atoms with Crippen LogP contribution in [0.1, 0.15) is 49.0 Å². The molecule has 2 fully saturated rings. The van der Waals surface area contributed by atoms with E-state index >= 15 is 0 Å². The van der Waals surface area contributed by atoms with Gasteiger partial charge in [0.2, 0.25) is 0 Å². The number of H-pyrrole nitrogens is 1. The van der Waals surface area contributed by atoms with Gasteiger partial charge in [-0.05, 0) is 38.8 Å². The van der Waals surface area contributed by atoms with Gasteiger partial charge >= 0.3 is 0 Å². The average Bonchev–Trinajstić information content (AvgIpc) is 2.98. The van der Waals surface area contributed by atoms with Crippen molar-refractivity contribution in [3.63, 3.8) is 0 Å². The van der Waals surface area contributed by atoms with E-state index < -0.39 is 0 Å². The minimum Gasteiger partial charge on any atom is -0.345 e. The van der Waals surface area contributed by atoms with E-state index in [4.69, 9.17) is 0 Å². The van der Waals surface area contributed by atoms with Crippen molar-refractivity contribution in [2.24, 2.45) is 0 Å². The van der Waals surface area contributed by atoms with Crippen molar-refractivity contribution in [2.75, 3.05) is 13.1 Å². The van der Waals surface area contributed by atoms with Crippen molar-refractivity contribution < 1.29 is 0 Å². The SMILES string of the molecule is c1nc(C2CC2)[nH]c1C1CCNCC1. The summed E-state index contributed by atoms with van der Waals surface area (Å²) < 4.78 is 0. The highest BCUT2D eigenvalue weighted by Gasteiger charge is 2.27. The molecule has 76 valence electrons. The van der Waals surface area contributed by atoms with Crippen molar-refractivity contribution in [1.82, 2.24) is 15.3 Å². The molecular weight excluding hydrogens is 174 g/mol. The second kappa shape index (κ2) is 3.39. The van der Waals surface area contributed by atoms with Crippen molar-refractivity contribution >= 4 is 0 Å². The minimum atomic E-state index is 0.719. The number of nitrogens with zero attached hydrogens (tertiary/aromatic N) is 1. The molecule has 0 bridgehead atoms. The van der Waals surface area contributed by atoms with Gasteiger partial charge in [-0.2, -0.15) is 0 Å². The lowest BCUT2D eigenvalue weighted by Gasteiger charge is -2.21. The zero-order chi connectivity index (χ0) is 9.38. The lowest BCUT2D eigenvalue weighted by Crippen LogP contribution is -2.26. The van der Waals surface area contributed by atoms with Crippen molar-refractivity contribution in [2.45, 2.75) is 37.5 Å². The Morgan fingerprint density at radius 2 is 1.86 bits per heavy atom. The Kier molecular flexibility index (Phi) is 2.05. The molecule has 14 heavy (non-hydrogen) atoms. The van der Waals surface area contributed by atoms with Crippen LogP contribution in [0.2, 0.25) is 0 Å². The summed E-state index contributed by atoms with van der Waals surface area (Å²) >= 11 is 0. The lowest BCUT2D eigenvalue weighted by atomic mass is 9.95. The first-order valence-corrected chi connectivity index (χ1v) is 5.69. The summed E-state index contributed by atoms with van der Waals surface area (Å²) in [4.78, 5) is 7.98. The summed E-state index contributed by atoms with van der Waals surface area (Å²) in [5, 5.41) is 3.39. The van der Waals surface area contributed by atoms with Crippen LogP contribution in [0, 0.1) is 0 Å². The van der Waals surface area contributed by atoms with Crippen LogP contribution in [0.4, 0.5) is 0 Å². The average molecular weight is 191 g/mol. The fourth-order valence-corrected chi connectivity index (χ4v) is 2.26. The van der Waals surface area contributed by atoms with Gasteiger partial charge in [-0.25, -0.2) is 4.98 Å². The maximum Gasteiger partial charge on any atom is 0.109 e. The molecule has 0 unspecified atom stereocenters. The molecule has 2 aliphatic rings. The van der Waals surface area contributed by atoms with Crippen molar-refractivity contribution in [3.05, 3.63) is 17.7 Å². The van der Waals surface area contributed by atoms with Gasteiger partial charge in [0.25, 0.3) is 0 Å². The molecular formula is C11H17N3. The van der Waals surface area contributed by atoms with Gasteiger partial charge in [0.1, 0.15) is 5.82 Å². The van der Waals surface area contributed by atoms with Gasteiger partial charge in [0, 0.05) is 23.7 Å². The summed E-state index contributed by atoms with van der Waals surface area (Å²) in [5.74, 6) is 2.71. The molecule has 1 aliphatic carbocycles. The van der Waals surface area contributed by atoms with Gasteiger partial charge in [0.05, 0.1) is 0 Å². The van der Waals surface area contributed by atoms with Crippen LogP contribution in [0.5, 0.6) is 0 Å². The fourth-order valence-electron chi connectivity index (χ4n) is 2.26. The number of hydrogen-bond donors (Lipinski definition) is 2. The predicted octanol–water partition coefficient (Wildman–Crippen LogP) is 1.75. The normalized spacial score (nSPS) is 24.0. The highest BCUT2D eigenvalue weighted by atomic mass is 14.9. The van der Waals surface area contributed by atoms with E-state index in [0.717, 1.165) is 24.9 Å². The smallest absolute Gasteiger partial charge is 0.109 e. The van der Waals surface area contributed by atoms with E-state index in [1.165, 1.54) is 37.2 Å². The van der Waals surface area contributed by atoms with Crippen LogP contribution in [0.3, 0.4) is 0 Å². The van der Waals surface area contributed by atoms with Crippen LogP contribution >= 0.6 is 0 Å². The molecule has 0 spiro atoms. The Balaban J connectivity index is 1.74. The van der Waals surface area contributed by atoms with Gasteiger partial charge < -0.3 is 10.3 Å². The van der Waals surface area contributed by atoms with Gasteiger partial charge in [-0.15, -0.1) is 0 Å². The largest absolute Gasteiger partial charge is 0.345 e. The first-order valence-electron chi connectivity index (χ1n) is 5.69. The van der Waals surface area contributed by atoms with Crippen molar-refractivity contribution in [1.29, 1.82) is 0 Å². The Hall–Kier alpha value is -0.830. The molecule has 0 amide bonds. The summed E-state index contributed by atoms with van der Waals surface area (Å²) in [6.45, 7) is 2.31. The van der Waals surface area contributed by atoms with Gasteiger partial charge in [0.15, 0.2) is 0 Å². The number of aromatic amines is 1. The monoisotopic (exact) mass is 191 g/mol. The van der Waals surface area contributed by atoms with Crippen LogP contribution < -0.4 is 5.32 Å². The van der Waals surface area contributed by atoms with Crippen LogP contribution in [-0.4, -0.2) is 23.1 Å². The predicted molar refractivity (Wildman–Crippen MR) is 55.4 cm³/mol. The molecule has 3 nitrogen and oxygen atoms in total. The van der Waals surface area contributed by atoms with Gasteiger partial charge in [-0.1, -0.05) is 0 Å². The Labute approximate surface area is 84.3 Å². The van der Waals surface area contributed by atoms with E-state index in [1.54, 1.807) is 0 Å². The molecule has 0 radical (unpaired) electrons. The molecule has 1 aromatic rings. The molecule has 3 rings (SSSR count). The van der Waals surface area contributed by atoms with Crippen LogP contribution in [-0.2, 0) is 0 Å². The fraction of sp³-hybridized carbons (Fsp3) is 0.727. The second-order valence-corrected chi connectivity index (χ2v) is 4.52. The maximum atomic E-state index is 4.48. The number of rotatable bonds is 2. The van der Waals surface area contributed by atoms with Crippen LogP contribution in [0.15, 0.2) is 6.20 Å². The lowest BCUT2D eigenvalue weighted by molar-refractivity contribution is 0.454. The number of imidazole rings is 1. The highest BCUT2D eigenvalue weighted by molar-refractivity contribution is 5.14. The van der Waals surface area contributed by atoms with E-state index in [2.05, 4.69) is 21.5 Å². The maximum absolute atomic E-state index is 4.48. The first-order chi connectivity index (χ1) is 6.93.